The first kappa shape index (κ1) is 23.8. The Balaban J connectivity index is -0.0000000457. The van der Waals surface area contributed by atoms with Crippen LogP contribution in [0, 0.1) is 0 Å². The zero-order valence-electron chi connectivity index (χ0n) is 4.49. The van der Waals surface area contributed by atoms with Gasteiger partial charge in [0.05, 0.1) is 0 Å². The summed E-state index contributed by atoms with van der Waals surface area (Å²) in [5.41, 5.74) is 0. The Morgan fingerprint density at radius 2 is 0.833 bits per heavy atom. The van der Waals surface area contributed by atoms with Gasteiger partial charge in [-0.05, 0) is 0 Å². The third-order valence-corrected chi connectivity index (χ3v) is 0. The van der Waals surface area contributed by atoms with Crippen molar-refractivity contribution in [1.82, 2.24) is 0 Å². The molecule has 0 aliphatic rings. The maximum atomic E-state index is 8.88. The molecule has 0 saturated heterocycles. The molecule has 0 radical (unpaired) electrons. The second-order valence-electron chi connectivity index (χ2n) is 1.11. The summed E-state index contributed by atoms with van der Waals surface area (Å²) in [5, 5.41) is 0. The molecule has 0 amide bonds. The summed E-state index contributed by atoms with van der Waals surface area (Å²) in [4.78, 5) is 50.9. The summed E-state index contributed by atoms with van der Waals surface area (Å²) < 4.78 is 8.88. The molecule has 7 N–H and O–H groups in total. The van der Waals surface area contributed by atoms with Gasteiger partial charge in [-0.3, -0.25) is 0 Å². The molecule has 0 rings (SSSR count). The van der Waals surface area contributed by atoms with Gasteiger partial charge in [-0.2, -0.15) is 0 Å². The Kier molecular flexibility index (Phi) is 19.2. The molecule has 0 aromatic carbocycles. The minimum absolute atomic E-state index is 0. The maximum absolute atomic E-state index is 8.88. The van der Waals surface area contributed by atoms with E-state index in [9.17, 15) is 0 Å². The van der Waals surface area contributed by atoms with E-state index < -0.39 is 16.9 Å². The zero-order valence-corrected chi connectivity index (χ0v) is 6.38. The van der Waals surface area contributed by atoms with Crippen LogP contribution in [0.2, 0.25) is 0 Å². The zero-order chi connectivity index (χ0) is 9.00. The van der Waals surface area contributed by atoms with Crippen molar-refractivity contribution < 1.29 is 38.4 Å². The average molecular weight is 242 g/mol. The van der Waals surface area contributed by atoms with E-state index in [4.69, 9.17) is 38.4 Å². The van der Waals surface area contributed by atoms with E-state index in [0.29, 0.717) is 0 Å². The normalized spacial score (nSPS) is 9.92. The van der Waals surface area contributed by atoms with Crippen LogP contribution in [0.3, 0.4) is 0 Å². The van der Waals surface area contributed by atoms with E-state index in [1.54, 1.807) is 0 Å². The van der Waals surface area contributed by atoms with Crippen molar-refractivity contribution in [2.45, 2.75) is 0 Å². The monoisotopic (exact) mass is 242 g/mol. The van der Waals surface area contributed by atoms with Gasteiger partial charge in [-0.1, -0.05) is 0 Å². The van der Waals surface area contributed by atoms with Crippen LogP contribution in [-0.2, 0) is 4.57 Å². The predicted octanol–water partition coefficient (Wildman–Crippen LogP) is -4.83. The third-order valence-electron chi connectivity index (χ3n) is 0. The summed E-state index contributed by atoms with van der Waals surface area (Å²) in [5.74, 6) is 0. The van der Waals surface area contributed by atoms with Crippen molar-refractivity contribution in [3.8, 4) is 0 Å². The molecule has 0 aliphatic heterocycles. The SMILES string of the molecule is O=P(O)(O)O.O[Si](O)(O)O.[NaH].[NaH]. The van der Waals surface area contributed by atoms with Crippen LogP contribution in [0.1, 0.15) is 0 Å². The molecule has 68 valence electrons. The molecule has 0 spiro atoms. The Hall–Kier alpha value is 2.17. The van der Waals surface area contributed by atoms with Gasteiger partial charge in [0.25, 0.3) is 0 Å². The molecule has 0 heterocycles. The first-order valence-corrected chi connectivity index (χ1v) is 5.03. The first-order valence-electron chi connectivity index (χ1n) is 1.68. The summed E-state index contributed by atoms with van der Waals surface area (Å²) in [6, 6.07) is 0. The van der Waals surface area contributed by atoms with Gasteiger partial charge in [-0.15, -0.1) is 0 Å². The van der Waals surface area contributed by atoms with Crippen molar-refractivity contribution in [3.63, 3.8) is 0 Å². The molecular formula is H9Na2O8PSi. The number of rotatable bonds is 0. The van der Waals surface area contributed by atoms with E-state index >= 15 is 0 Å². The molecule has 0 aliphatic carbocycles. The molecule has 8 nitrogen and oxygen atoms in total. The van der Waals surface area contributed by atoms with Crippen LogP contribution in [0.25, 0.3) is 0 Å². The fraction of sp³-hybridized carbons (Fsp3) is 0. The molecule has 12 heteroatoms. The fourth-order valence-electron chi connectivity index (χ4n) is 0. The van der Waals surface area contributed by atoms with Crippen molar-refractivity contribution in [2.24, 2.45) is 0 Å². The van der Waals surface area contributed by atoms with E-state index in [0.717, 1.165) is 0 Å². The number of hydrogen-bond donors (Lipinski definition) is 7. The molecule has 0 atom stereocenters. The Bertz CT molecular complexity index is 109. The number of phosphoric acid groups is 1. The minimum atomic E-state index is -4.64. The van der Waals surface area contributed by atoms with E-state index in [-0.39, 0.29) is 59.1 Å². The second-order valence-corrected chi connectivity index (χ2v) is 3.34. The molecule has 0 fully saturated rings. The molecule has 0 saturated carbocycles. The average Bonchev–Trinajstić information content (AvgIpc) is 1.12. The summed E-state index contributed by atoms with van der Waals surface area (Å²) in [7, 11) is -9.25. The summed E-state index contributed by atoms with van der Waals surface area (Å²) in [6.07, 6.45) is 0. The second kappa shape index (κ2) is 9.71. The Morgan fingerprint density at radius 3 is 0.833 bits per heavy atom. The number of hydrogen-bond acceptors (Lipinski definition) is 5. The van der Waals surface area contributed by atoms with Crippen LogP contribution in [0.4, 0.5) is 0 Å². The third kappa shape index (κ3) is 323. The molecular weight excluding hydrogens is 233 g/mol. The quantitative estimate of drug-likeness (QED) is 0.164. The molecule has 12 heavy (non-hydrogen) atoms. The molecule has 0 bridgehead atoms. The fourth-order valence-corrected chi connectivity index (χ4v) is 0. The van der Waals surface area contributed by atoms with E-state index in [1.807, 2.05) is 0 Å². The standard InChI is InChI=1S/2Na.H3O4P.H4O4Si.2H/c;;2*1-5(2,3)4;;/h;;(H3,1,2,3,4);1-4H;;. The first-order chi connectivity index (χ1) is 4.00. The van der Waals surface area contributed by atoms with Gasteiger partial charge < -0.3 is 33.9 Å². The predicted molar refractivity (Wildman–Crippen MR) is 43.2 cm³/mol. The van der Waals surface area contributed by atoms with Crippen LogP contribution < -0.4 is 0 Å². The molecule has 0 aromatic rings. The van der Waals surface area contributed by atoms with E-state index in [2.05, 4.69) is 0 Å². The Labute approximate surface area is 113 Å². The molecule has 0 unspecified atom stereocenters. The van der Waals surface area contributed by atoms with Crippen molar-refractivity contribution >= 4 is 76.0 Å². The van der Waals surface area contributed by atoms with Gasteiger partial charge in [0.2, 0.25) is 0 Å². The molecule has 0 aromatic heterocycles. The summed E-state index contributed by atoms with van der Waals surface area (Å²) in [6.45, 7) is 0. The van der Waals surface area contributed by atoms with Crippen molar-refractivity contribution in [2.75, 3.05) is 0 Å². The Morgan fingerprint density at radius 1 is 0.833 bits per heavy atom. The van der Waals surface area contributed by atoms with Gasteiger partial charge in [0.1, 0.15) is 0 Å². The van der Waals surface area contributed by atoms with Gasteiger partial charge in [0.15, 0.2) is 0 Å². The summed E-state index contributed by atoms with van der Waals surface area (Å²) >= 11 is 0. The van der Waals surface area contributed by atoms with Gasteiger partial charge in [-0.25, -0.2) is 4.57 Å². The van der Waals surface area contributed by atoms with Crippen LogP contribution in [0.15, 0.2) is 0 Å². The van der Waals surface area contributed by atoms with Crippen LogP contribution in [-0.4, -0.2) is 102 Å². The van der Waals surface area contributed by atoms with E-state index in [1.165, 1.54) is 0 Å². The van der Waals surface area contributed by atoms with Crippen LogP contribution in [0.5, 0.6) is 0 Å². The van der Waals surface area contributed by atoms with Gasteiger partial charge in [0, 0.05) is 0 Å². The van der Waals surface area contributed by atoms with Crippen LogP contribution >= 0.6 is 7.82 Å². The topological polar surface area (TPSA) is 159 Å². The van der Waals surface area contributed by atoms with Gasteiger partial charge >= 0.3 is 76.0 Å². The van der Waals surface area contributed by atoms with Crippen molar-refractivity contribution in [3.05, 3.63) is 0 Å². The van der Waals surface area contributed by atoms with Crippen molar-refractivity contribution in [1.29, 1.82) is 0 Å².